The molecule has 0 atom stereocenters. The molecular formula is C16H24N4. The van der Waals surface area contributed by atoms with Gasteiger partial charge in [0.05, 0.1) is 17.6 Å². The Morgan fingerprint density at radius 3 is 2.60 bits per heavy atom. The fourth-order valence-electron chi connectivity index (χ4n) is 2.21. The Bertz CT molecular complexity index is 584. The minimum Gasteiger partial charge on any atom is -0.312 e. The van der Waals surface area contributed by atoms with Crippen LogP contribution in [0.1, 0.15) is 36.4 Å². The summed E-state index contributed by atoms with van der Waals surface area (Å²) in [5, 5.41) is 8.12. The Balaban J connectivity index is 2.29. The van der Waals surface area contributed by atoms with E-state index in [0.29, 0.717) is 5.92 Å². The molecule has 0 unspecified atom stereocenters. The van der Waals surface area contributed by atoms with Crippen molar-refractivity contribution < 1.29 is 0 Å². The molecule has 20 heavy (non-hydrogen) atoms. The lowest BCUT2D eigenvalue weighted by atomic mass is 10.2. The second-order valence-corrected chi connectivity index (χ2v) is 5.74. The molecule has 4 heteroatoms. The van der Waals surface area contributed by atoms with Gasteiger partial charge in [-0.05, 0) is 50.4 Å². The summed E-state index contributed by atoms with van der Waals surface area (Å²) in [6.07, 6.45) is 3.74. The van der Waals surface area contributed by atoms with Crippen LogP contribution in [-0.4, -0.2) is 21.3 Å². The van der Waals surface area contributed by atoms with Gasteiger partial charge in [-0.25, -0.2) is 4.68 Å². The third kappa shape index (κ3) is 3.07. The zero-order chi connectivity index (χ0) is 14.7. The van der Waals surface area contributed by atoms with Crippen LogP contribution >= 0.6 is 0 Å². The number of pyridine rings is 1. The third-order valence-corrected chi connectivity index (χ3v) is 3.64. The molecule has 4 nitrogen and oxygen atoms in total. The molecule has 0 saturated carbocycles. The molecule has 0 saturated heterocycles. The summed E-state index contributed by atoms with van der Waals surface area (Å²) >= 11 is 0. The van der Waals surface area contributed by atoms with Gasteiger partial charge in [0.15, 0.2) is 0 Å². The maximum atomic E-state index is 4.63. The van der Waals surface area contributed by atoms with Crippen molar-refractivity contribution in [3.63, 3.8) is 0 Å². The zero-order valence-corrected chi connectivity index (χ0v) is 13.1. The SMILES string of the molecule is Cc1nn(-c2cnccc2CNCC(C)C)c(C)c1C. The molecule has 0 spiro atoms. The van der Waals surface area contributed by atoms with Crippen molar-refractivity contribution in [1.29, 1.82) is 0 Å². The molecule has 0 aliphatic heterocycles. The van der Waals surface area contributed by atoms with Gasteiger partial charge >= 0.3 is 0 Å². The van der Waals surface area contributed by atoms with Gasteiger partial charge in [0.25, 0.3) is 0 Å². The lowest BCUT2D eigenvalue weighted by Crippen LogP contribution is -2.20. The van der Waals surface area contributed by atoms with Gasteiger partial charge in [-0.3, -0.25) is 4.98 Å². The average molecular weight is 272 g/mol. The summed E-state index contributed by atoms with van der Waals surface area (Å²) in [5.41, 5.74) is 5.80. The number of hydrogen-bond acceptors (Lipinski definition) is 3. The van der Waals surface area contributed by atoms with Crippen LogP contribution in [0.25, 0.3) is 5.69 Å². The fraction of sp³-hybridized carbons (Fsp3) is 0.500. The third-order valence-electron chi connectivity index (χ3n) is 3.64. The van der Waals surface area contributed by atoms with Gasteiger partial charge in [-0.1, -0.05) is 13.8 Å². The molecule has 2 heterocycles. The minimum absolute atomic E-state index is 0.649. The van der Waals surface area contributed by atoms with Crippen LogP contribution in [0.5, 0.6) is 0 Å². The van der Waals surface area contributed by atoms with E-state index in [0.717, 1.165) is 24.5 Å². The molecule has 2 aromatic heterocycles. The molecular weight excluding hydrogens is 248 g/mol. The van der Waals surface area contributed by atoms with E-state index >= 15 is 0 Å². The quantitative estimate of drug-likeness (QED) is 0.910. The van der Waals surface area contributed by atoms with Gasteiger partial charge in [0.2, 0.25) is 0 Å². The maximum Gasteiger partial charge on any atom is 0.0876 e. The highest BCUT2D eigenvalue weighted by atomic mass is 15.3. The highest BCUT2D eigenvalue weighted by Gasteiger charge is 2.12. The molecule has 2 rings (SSSR count). The number of aryl methyl sites for hydroxylation is 1. The molecule has 0 aliphatic carbocycles. The summed E-state index contributed by atoms with van der Waals surface area (Å²) in [6.45, 7) is 12.5. The Labute approximate surface area is 121 Å². The highest BCUT2D eigenvalue weighted by molar-refractivity contribution is 5.41. The van der Waals surface area contributed by atoms with E-state index in [4.69, 9.17) is 0 Å². The Hall–Kier alpha value is -1.68. The Morgan fingerprint density at radius 1 is 1.25 bits per heavy atom. The van der Waals surface area contributed by atoms with Crippen LogP contribution in [0.2, 0.25) is 0 Å². The molecule has 0 amide bonds. The summed E-state index contributed by atoms with van der Waals surface area (Å²) in [6, 6.07) is 2.06. The van der Waals surface area contributed by atoms with Crippen LogP contribution in [-0.2, 0) is 6.54 Å². The monoisotopic (exact) mass is 272 g/mol. The fourth-order valence-corrected chi connectivity index (χ4v) is 2.21. The minimum atomic E-state index is 0.649. The maximum absolute atomic E-state index is 4.63. The van der Waals surface area contributed by atoms with Crippen molar-refractivity contribution in [3.05, 3.63) is 41.0 Å². The predicted molar refractivity (Wildman–Crippen MR) is 82.1 cm³/mol. The Morgan fingerprint density at radius 2 is 2.00 bits per heavy atom. The van der Waals surface area contributed by atoms with E-state index in [1.807, 2.05) is 24.0 Å². The van der Waals surface area contributed by atoms with Gasteiger partial charge < -0.3 is 5.32 Å². The van der Waals surface area contributed by atoms with Crippen molar-refractivity contribution in [2.75, 3.05) is 6.54 Å². The second-order valence-electron chi connectivity index (χ2n) is 5.74. The van der Waals surface area contributed by atoms with E-state index in [9.17, 15) is 0 Å². The van der Waals surface area contributed by atoms with Gasteiger partial charge in [0, 0.05) is 18.4 Å². The molecule has 1 N–H and O–H groups in total. The number of nitrogens with one attached hydrogen (secondary N) is 1. The van der Waals surface area contributed by atoms with Crippen molar-refractivity contribution in [1.82, 2.24) is 20.1 Å². The van der Waals surface area contributed by atoms with Gasteiger partial charge in [-0.15, -0.1) is 0 Å². The van der Waals surface area contributed by atoms with Crippen LogP contribution in [0, 0.1) is 26.7 Å². The molecule has 0 bridgehead atoms. The number of rotatable bonds is 5. The van der Waals surface area contributed by atoms with Crippen molar-refractivity contribution >= 4 is 0 Å². The number of nitrogens with zero attached hydrogens (tertiary/aromatic N) is 3. The van der Waals surface area contributed by atoms with Crippen molar-refractivity contribution in [3.8, 4) is 5.69 Å². The highest BCUT2D eigenvalue weighted by Crippen LogP contribution is 2.19. The molecule has 2 aromatic rings. The van der Waals surface area contributed by atoms with E-state index < -0.39 is 0 Å². The molecule has 0 radical (unpaired) electrons. The average Bonchev–Trinajstić information content (AvgIpc) is 2.67. The van der Waals surface area contributed by atoms with E-state index in [1.54, 1.807) is 0 Å². The second kappa shape index (κ2) is 6.18. The van der Waals surface area contributed by atoms with Crippen LogP contribution < -0.4 is 5.32 Å². The lowest BCUT2D eigenvalue weighted by molar-refractivity contribution is 0.551. The van der Waals surface area contributed by atoms with Crippen molar-refractivity contribution in [2.24, 2.45) is 5.92 Å². The molecule has 108 valence electrons. The van der Waals surface area contributed by atoms with E-state index in [-0.39, 0.29) is 0 Å². The molecule has 0 aliphatic rings. The standard InChI is InChI=1S/C16H24N4/c1-11(2)8-18-9-15-6-7-17-10-16(15)20-14(5)12(3)13(4)19-20/h6-7,10-11,18H,8-9H2,1-5H3. The summed E-state index contributed by atoms with van der Waals surface area (Å²) in [5.74, 6) is 0.649. The smallest absolute Gasteiger partial charge is 0.0876 e. The van der Waals surface area contributed by atoms with Gasteiger partial charge in [0.1, 0.15) is 0 Å². The summed E-state index contributed by atoms with van der Waals surface area (Å²) in [7, 11) is 0. The first-order valence-corrected chi connectivity index (χ1v) is 7.17. The van der Waals surface area contributed by atoms with Crippen LogP contribution in [0.4, 0.5) is 0 Å². The Kier molecular flexibility index (Phi) is 4.55. The number of hydrogen-bond donors (Lipinski definition) is 1. The zero-order valence-electron chi connectivity index (χ0n) is 13.1. The largest absolute Gasteiger partial charge is 0.312 e. The predicted octanol–water partition coefficient (Wildman–Crippen LogP) is 2.94. The summed E-state index contributed by atoms with van der Waals surface area (Å²) in [4.78, 5) is 4.26. The molecule has 0 aromatic carbocycles. The topological polar surface area (TPSA) is 42.7 Å². The lowest BCUT2D eigenvalue weighted by Gasteiger charge is -2.12. The van der Waals surface area contributed by atoms with Gasteiger partial charge in [-0.2, -0.15) is 5.10 Å². The van der Waals surface area contributed by atoms with Crippen molar-refractivity contribution in [2.45, 2.75) is 41.2 Å². The molecule has 0 fully saturated rings. The summed E-state index contributed by atoms with van der Waals surface area (Å²) < 4.78 is 2.00. The first-order chi connectivity index (χ1) is 9.50. The normalized spacial score (nSPS) is 11.3. The van der Waals surface area contributed by atoms with Crippen LogP contribution in [0.15, 0.2) is 18.5 Å². The first kappa shape index (κ1) is 14.7. The van der Waals surface area contributed by atoms with Crippen LogP contribution in [0.3, 0.4) is 0 Å². The number of aromatic nitrogens is 3. The first-order valence-electron chi connectivity index (χ1n) is 7.17. The van der Waals surface area contributed by atoms with E-state index in [1.165, 1.54) is 16.8 Å². The van der Waals surface area contributed by atoms with E-state index in [2.05, 4.69) is 49.2 Å².